The Labute approximate surface area is 140 Å². The van der Waals surface area contributed by atoms with Gasteiger partial charge in [-0.2, -0.15) is 0 Å². The first kappa shape index (κ1) is 16.4. The van der Waals surface area contributed by atoms with E-state index in [1.807, 2.05) is 10.8 Å². The van der Waals surface area contributed by atoms with Gasteiger partial charge in [-0.3, -0.25) is 0 Å². The lowest BCUT2D eigenvalue weighted by molar-refractivity contribution is 0.250. The molecule has 0 fully saturated rings. The molecule has 0 aliphatic carbocycles. The van der Waals surface area contributed by atoms with Crippen LogP contribution in [0.4, 0.5) is 4.39 Å². The average Bonchev–Trinajstić information content (AvgIpc) is 3.24. The minimum absolute atomic E-state index is 0.105. The summed E-state index contributed by atoms with van der Waals surface area (Å²) in [5.74, 6) is 1.34. The van der Waals surface area contributed by atoms with E-state index in [1.165, 1.54) is 12.1 Å². The molecule has 0 bridgehead atoms. The Morgan fingerprint density at radius 3 is 2.75 bits per heavy atom. The van der Waals surface area contributed by atoms with Crippen LogP contribution in [0.3, 0.4) is 0 Å². The fourth-order valence-corrected chi connectivity index (χ4v) is 2.76. The number of aliphatic hydroxyl groups is 1. The highest BCUT2D eigenvalue weighted by atomic mass is 19.1. The first-order chi connectivity index (χ1) is 11.7. The molecule has 0 radical (unpaired) electrons. The lowest BCUT2D eigenvalue weighted by Gasteiger charge is -2.18. The van der Waals surface area contributed by atoms with Gasteiger partial charge < -0.3 is 14.7 Å². The zero-order valence-corrected chi connectivity index (χ0v) is 13.6. The summed E-state index contributed by atoms with van der Waals surface area (Å²) in [5, 5.41) is 9.85. The number of unbranched alkanes of at least 4 members (excludes halogenated alkanes) is 1. The summed E-state index contributed by atoms with van der Waals surface area (Å²) in [6.07, 6.45) is 8.36. The van der Waals surface area contributed by atoms with Crippen LogP contribution in [0.5, 0.6) is 0 Å². The van der Waals surface area contributed by atoms with Crippen molar-refractivity contribution in [3.8, 4) is 11.5 Å². The van der Waals surface area contributed by atoms with Crippen molar-refractivity contribution in [3.63, 3.8) is 0 Å². The largest absolute Gasteiger partial charge is 0.394 e. The molecule has 0 aliphatic rings. The quantitative estimate of drug-likeness (QED) is 0.699. The molecular formula is C18H21FN4O. The van der Waals surface area contributed by atoms with Gasteiger partial charge in [-0.1, -0.05) is 25.5 Å². The second-order valence-corrected chi connectivity index (χ2v) is 5.76. The van der Waals surface area contributed by atoms with Crippen molar-refractivity contribution < 1.29 is 9.50 Å². The highest BCUT2D eigenvalue weighted by molar-refractivity contribution is 5.49. The Bertz CT molecular complexity index is 778. The number of benzene rings is 1. The van der Waals surface area contributed by atoms with E-state index < -0.39 is 0 Å². The fourth-order valence-electron chi connectivity index (χ4n) is 2.76. The SMILES string of the molecule is CCCCc1ncc(-c2nccn2C(CO)c2ccc(F)cc2)[nH]1. The smallest absolute Gasteiger partial charge is 0.158 e. The van der Waals surface area contributed by atoms with E-state index in [2.05, 4.69) is 21.9 Å². The van der Waals surface area contributed by atoms with Crippen molar-refractivity contribution in [3.05, 3.63) is 60.1 Å². The van der Waals surface area contributed by atoms with E-state index in [9.17, 15) is 9.50 Å². The number of aryl methyl sites for hydroxylation is 1. The summed E-state index contributed by atoms with van der Waals surface area (Å²) < 4.78 is 15.0. The van der Waals surface area contributed by atoms with Crippen LogP contribution in [0.1, 0.15) is 37.2 Å². The normalized spacial score (nSPS) is 12.5. The summed E-state index contributed by atoms with van der Waals surface area (Å²) in [6.45, 7) is 2.04. The Morgan fingerprint density at radius 1 is 1.25 bits per heavy atom. The monoisotopic (exact) mass is 328 g/mol. The first-order valence-corrected chi connectivity index (χ1v) is 8.16. The van der Waals surface area contributed by atoms with Gasteiger partial charge in [-0.25, -0.2) is 14.4 Å². The van der Waals surface area contributed by atoms with E-state index in [-0.39, 0.29) is 18.5 Å². The van der Waals surface area contributed by atoms with Crippen LogP contribution in [0.2, 0.25) is 0 Å². The van der Waals surface area contributed by atoms with Crippen LogP contribution in [-0.2, 0) is 6.42 Å². The number of nitrogens with zero attached hydrogens (tertiary/aromatic N) is 3. The minimum Gasteiger partial charge on any atom is -0.394 e. The predicted octanol–water partition coefficient (Wildman–Crippen LogP) is 3.34. The minimum atomic E-state index is -0.328. The molecule has 126 valence electrons. The highest BCUT2D eigenvalue weighted by Crippen LogP contribution is 2.25. The summed E-state index contributed by atoms with van der Waals surface area (Å²) in [7, 11) is 0. The molecule has 1 aromatic carbocycles. The predicted molar refractivity (Wildman–Crippen MR) is 90.0 cm³/mol. The molecule has 3 aromatic rings. The van der Waals surface area contributed by atoms with Gasteiger partial charge in [0, 0.05) is 18.8 Å². The van der Waals surface area contributed by atoms with Crippen LogP contribution in [0.15, 0.2) is 42.9 Å². The van der Waals surface area contributed by atoms with E-state index in [0.29, 0.717) is 5.82 Å². The Kier molecular flexibility index (Phi) is 5.05. The lowest BCUT2D eigenvalue weighted by atomic mass is 10.1. The van der Waals surface area contributed by atoms with Gasteiger partial charge in [-0.05, 0) is 24.1 Å². The molecule has 0 spiro atoms. The molecule has 2 heterocycles. The van der Waals surface area contributed by atoms with Crippen LogP contribution < -0.4 is 0 Å². The second-order valence-electron chi connectivity index (χ2n) is 5.76. The number of imidazole rings is 2. The molecule has 0 amide bonds. The number of halogens is 1. The van der Waals surface area contributed by atoms with Crippen molar-refractivity contribution in [2.45, 2.75) is 32.2 Å². The molecule has 24 heavy (non-hydrogen) atoms. The summed E-state index contributed by atoms with van der Waals surface area (Å²) in [5.41, 5.74) is 1.63. The molecular weight excluding hydrogens is 307 g/mol. The first-order valence-electron chi connectivity index (χ1n) is 8.16. The van der Waals surface area contributed by atoms with Crippen molar-refractivity contribution in [1.82, 2.24) is 19.5 Å². The number of nitrogens with one attached hydrogen (secondary N) is 1. The molecule has 0 saturated carbocycles. The third-order valence-electron chi connectivity index (χ3n) is 4.07. The van der Waals surface area contributed by atoms with Crippen molar-refractivity contribution >= 4 is 0 Å². The average molecular weight is 328 g/mol. The van der Waals surface area contributed by atoms with Gasteiger partial charge in [0.15, 0.2) is 5.82 Å². The zero-order valence-electron chi connectivity index (χ0n) is 13.6. The third-order valence-corrected chi connectivity index (χ3v) is 4.07. The maximum Gasteiger partial charge on any atom is 0.158 e. The van der Waals surface area contributed by atoms with Crippen LogP contribution in [-0.4, -0.2) is 31.2 Å². The van der Waals surface area contributed by atoms with E-state index >= 15 is 0 Å². The molecule has 3 rings (SSSR count). The fraction of sp³-hybridized carbons (Fsp3) is 0.333. The van der Waals surface area contributed by atoms with Crippen molar-refractivity contribution in [2.24, 2.45) is 0 Å². The van der Waals surface area contributed by atoms with Gasteiger partial charge in [0.1, 0.15) is 17.3 Å². The zero-order chi connectivity index (χ0) is 16.9. The van der Waals surface area contributed by atoms with Crippen molar-refractivity contribution in [1.29, 1.82) is 0 Å². The lowest BCUT2D eigenvalue weighted by Crippen LogP contribution is -2.15. The summed E-state index contributed by atoms with van der Waals surface area (Å²) in [4.78, 5) is 12.1. The number of hydrogen-bond acceptors (Lipinski definition) is 3. The highest BCUT2D eigenvalue weighted by Gasteiger charge is 2.18. The van der Waals surface area contributed by atoms with Crippen LogP contribution in [0, 0.1) is 5.82 Å². The standard InChI is InChI=1S/C18H21FN4O/c1-2-3-4-17-21-11-15(22-17)18-20-9-10-23(18)16(12-24)13-5-7-14(19)8-6-13/h5-11,16,24H,2-4,12H2,1H3,(H,21,22). The van der Waals surface area contributed by atoms with Crippen molar-refractivity contribution in [2.75, 3.05) is 6.61 Å². The summed E-state index contributed by atoms with van der Waals surface area (Å²) >= 11 is 0. The number of hydrogen-bond donors (Lipinski definition) is 2. The Hall–Kier alpha value is -2.47. The number of H-pyrrole nitrogens is 1. The van der Waals surface area contributed by atoms with Crippen LogP contribution in [0.25, 0.3) is 11.5 Å². The Balaban J connectivity index is 1.91. The Morgan fingerprint density at radius 2 is 2.04 bits per heavy atom. The number of aliphatic hydroxyl groups excluding tert-OH is 1. The maximum atomic E-state index is 13.2. The topological polar surface area (TPSA) is 66.7 Å². The summed E-state index contributed by atoms with van der Waals surface area (Å²) in [6, 6.07) is 5.83. The molecule has 0 saturated heterocycles. The number of aromatic amines is 1. The molecule has 6 heteroatoms. The van der Waals surface area contributed by atoms with E-state index in [1.54, 1.807) is 24.5 Å². The van der Waals surface area contributed by atoms with Crippen LogP contribution >= 0.6 is 0 Å². The van der Waals surface area contributed by atoms with Gasteiger partial charge >= 0.3 is 0 Å². The molecule has 0 aliphatic heterocycles. The molecule has 1 unspecified atom stereocenters. The van der Waals surface area contributed by atoms with Gasteiger partial charge in [-0.15, -0.1) is 0 Å². The number of rotatable bonds is 7. The molecule has 2 aromatic heterocycles. The van der Waals surface area contributed by atoms with E-state index in [4.69, 9.17) is 0 Å². The maximum absolute atomic E-state index is 13.2. The van der Waals surface area contributed by atoms with Gasteiger partial charge in [0.25, 0.3) is 0 Å². The second kappa shape index (κ2) is 7.40. The molecule has 2 N–H and O–H groups in total. The van der Waals surface area contributed by atoms with E-state index in [0.717, 1.165) is 36.3 Å². The molecule has 1 atom stereocenters. The van der Waals surface area contributed by atoms with Gasteiger partial charge in [0.2, 0.25) is 0 Å². The third kappa shape index (κ3) is 3.38. The molecule has 5 nitrogen and oxygen atoms in total. The number of aromatic nitrogens is 4. The van der Waals surface area contributed by atoms with Gasteiger partial charge in [0.05, 0.1) is 18.8 Å².